The highest BCUT2D eigenvalue weighted by Gasteiger charge is 2.07. The molecule has 0 nitrogen and oxygen atoms in total. The molecule has 0 heteroatoms. The van der Waals surface area contributed by atoms with E-state index in [4.69, 9.17) is 0 Å². The lowest BCUT2D eigenvalue weighted by Gasteiger charge is -2.04. The van der Waals surface area contributed by atoms with Crippen molar-refractivity contribution in [2.75, 3.05) is 0 Å². The average Bonchev–Trinajstić information content (AvgIpc) is 2.35. The minimum Gasteiger partial charge on any atom is -0.0732 e. The molecule has 0 radical (unpaired) electrons. The highest BCUT2D eigenvalue weighted by molar-refractivity contribution is 5.41. The van der Waals surface area contributed by atoms with E-state index in [1.165, 1.54) is 5.57 Å². The summed E-state index contributed by atoms with van der Waals surface area (Å²) in [4.78, 5) is 0. The summed E-state index contributed by atoms with van der Waals surface area (Å²) >= 11 is 0. The quantitative estimate of drug-likeness (QED) is 0.488. The van der Waals surface area contributed by atoms with Crippen LogP contribution < -0.4 is 0 Å². The highest BCUT2D eigenvalue weighted by atomic mass is 14.1. The second-order valence-electron chi connectivity index (χ2n) is 2.71. The largest absolute Gasteiger partial charge is 0.0732 e. The van der Waals surface area contributed by atoms with Crippen molar-refractivity contribution < 1.29 is 0 Å². The molecule has 2 rings (SSSR count). The fraction of sp³-hybridized carbons (Fsp3) is 0.0909. The van der Waals surface area contributed by atoms with Gasteiger partial charge in [-0.2, -0.15) is 0 Å². The first-order chi connectivity index (χ1) is 5.47. The number of fused-ring (bicyclic) bond motifs is 1. The zero-order chi connectivity index (χ0) is 7.52. The minimum atomic E-state index is 0.510. The van der Waals surface area contributed by atoms with Crippen molar-refractivity contribution in [3.63, 3.8) is 0 Å². The lowest BCUT2D eigenvalue weighted by Crippen LogP contribution is -1.90. The van der Waals surface area contributed by atoms with Crippen LogP contribution in [0.1, 0.15) is 0 Å². The summed E-state index contributed by atoms with van der Waals surface area (Å²) in [5.41, 5.74) is 1.38. The molecular weight excluding hydrogens is 132 g/mol. The Morgan fingerprint density at radius 2 is 1.64 bits per heavy atom. The molecule has 0 aromatic carbocycles. The zero-order valence-corrected chi connectivity index (χ0v) is 6.27. The van der Waals surface area contributed by atoms with Crippen molar-refractivity contribution in [3.8, 4) is 0 Å². The van der Waals surface area contributed by atoms with Gasteiger partial charge in [-0.15, -0.1) is 0 Å². The predicted molar refractivity (Wildman–Crippen MR) is 48.1 cm³/mol. The third-order valence-corrected chi connectivity index (χ3v) is 1.93. The molecule has 0 bridgehead atoms. The fourth-order valence-corrected chi connectivity index (χ4v) is 1.33. The molecule has 0 aliphatic heterocycles. The molecule has 1 unspecified atom stereocenters. The summed E-state index contributed by atoms with van der Waals surface area (Å²) in [6.07, 6.45) is 19.1. The van der Waals surface area contributed by atoms with Gasteiger partial charge in [-0.25, -0.2) is 0 Å². The zero-order valence-electron chi connectivity index (χ0n) is 6.27. The number of allylic oxidation sites excluding steroid dienone is 10. The standard InChI is InChI=1S/C11H10/c1-2-4-7-11-9-5-8-10(11)6-3-1/h1-10H/b2-1-,6-3-,7-4-. The average molecular weight is 142 g/mol. The van der Waals surface area contributed by atoms with Crippen molar-refractivity contribution in [3.05, 3.63) is 60.3 Å². The maximum Gasteiger partial charge on any atom is 0.0204 e. The third-order valence-electron chi connectivity index (χ3n) is 1.93. The van der Waals surface area contributed by atoms with Gasteiger partial charge in [0.2, 0.25) is 0 Å². The molecule has 11 heavy (non-hydrogen) atoms. The van der Waals surface area contributed by atoms with Crippen LogP contribution in [0.2, 0.25) is 0 Å². The summed E-state index contributed by atoms with van der Waals surface area (Å²) in [6.45, 7) is 0. The Morgan fingerprint density at radius 1 is 0.818 bits per heavy atom. The fourth-order valence-electron chi connectivity index (χ4n) is 1.33. The van der Waals surface area contributed by atoms with Crippen molar-refractivity contribution in [2.24, 2.45) is 5.92 Å². The van der Waals surface area contributed by atoms with Gasteiger partial charge in [-0.3, -0.25) is 0 Å². The van der Waals surface area contributed by atoms with Crippen LogP contribution in [0.4, 0.5) is 0 Å². The van der Waals surface area contributed by atoms with E-state index in [2.05, 4.69) is 48.6 Å². The monoisotopic (exact) mass is 142 g/mol. The molecule has 0 spiro atoms. The molecule has 0 fully saturated rings. The Morgan fingerprint density at radius 3 is 2.64 bits per heavy atom. The van der Waals surface area contributed by atoms with Crippen LogP contribution in [0, 0.1) is 5.92 Å². The Kier molecular flexibility index (Phi) is 1.60. The van der Waals surface area contributed by atoms with E-state index in [0.717, 1.165) is 0 Å². The molecule has 0 amide bonds. The van der Waals surface area contributed by atoms with E-state index in [9.17, 15) is 0 Å². The molecule has 2 aliphatic rings. The molecule has 2 aliphatic carbocycles. The SMILES string of the molecule is C1=CC2\C=C/C=C\C=C/C2=C1. The van der Waals surface area contributed by atoms with Crippen molar-refractivity contribution in [1.82, 2.24) is 0 Å². The third kappa shape index (κ3) is 1.25. The Balaban J connectivity index is 2.35. The topological polar surface area (TPSA) is 0 Å². The first kappa shape index (κ1) is 6.41. The Hall–Kier alpha value is -1.30. The van der Waals surface area contributed by atoms with E-state index >= 15 is 0 Å². The van der Waals surface area contributed by atoms with Crippen LogP contribution in [-0.4, -0.2) is 0 Å². The summed E-state index contributed by atoms with van der Waals surface area (Å²) < 4.78 is 0. The van der Waals surface area contributed by atoms with Gasteiger partial charge in [0.1, 0.15) is 0 Å². The molecule has 0 aromatic rings. The van der Waals surface area contributed by atoms with Gasteiger partial charge in [-0.1, -0.05) is 54.7 Å². The molecule has 0 heterocycles. The summed E-state index contributed by atoms with van der Waals surface area (Å²) in [7, 11) is 0. The van der Waals surface area contributed by atoms with E-state index in [-0.39, 0.29) is 0 Å². The van der Waals surface area contributed by atoms with Crippen LogP contribution >= 0.6 is 0 Å². The van der Waals surface area contributed by atoms with Gasteiger partial charge >= 0.3 is 0 Å². The highest BCUT2D eigenvalue weighted by Crippen LogP contribution is 2.22. The summed E-state index contributed by atoms with van der Waals surface area (Å²) in [5, 5.41) is 0. The Labute approximate surface area is 66.9 Å². The molecule has 0 saturated heterocycles. The van der Waals surface area contributed by atoms with Gasteiger partial charge in [0, 0.05) is 5.92 Å². The second kappa shape index (κ2) is 2.75. The van der Waals surface area contributed by atoms with Crippen LogP contribution in [0.25, 0.3) is 0 Å². The van der Waals surface area contributed by atoms with E-state index in [0.29, 0.717) is 5.92 Å². The maximum absolute atomic E-state index is 2.20. The molecule has 0 N–H and O–H groups in total. The van der Waals surface area contributed by atoms with Crippen LogP contribution in [0.15, 0.2) is 60.3 Å². The normalized spacial score (nSPS) is 34.9. The molecule has 1 atom stereocenters. The molecule has 54 valence electrons. The lowest BCUT2D eigenvalue weighted by molar-refractivity contribution is 1.03. The smallest absolute Gasteiger partial charge is 0.0204 e. The minimum absolute atomic E-state index is 0.510. The maximum atomic E-state index is 2.20. The van der Waals surface area contributed by atoms with Crippen LogP contribution in [-0.2, 0) is 0 Å². The van der Waals surface area contributed by atoms with Crippen molar-refractivity contribution in [2.45, 2.75) is 0 Å². The lowest BCUT2D eigenvalue weighted by atomic mass is 10.0. The number of rotatable bonds is 0. The molecular formula is C11H10. The number of hydrogen-bond donors (Lipinski definition) is 0. The van der Waals surface area contributed by atoms with Gasteiger partial charge in [0.05, 0.1) is 0 Å². The van der Waals surface area contributed by atoms with Gasteiger partial charge in [0.25, 0.3) is 0 Å². The predicted octanol–water partition coefficient (Wildman–Crippen LogP) is 2.78. The molecule has 0 saturated carbocycles. The number of hydrogen-bond acceptors (Lipinski definition) is 0. The van der Waals surface area contributed by atoms with Crippen LogP contribution in [0.5, 0.6) is 0 Å². The van der Waals surface area contributed by atoms with E-state index < -0.39 is 0 Å². The molecule has 0 aromatic heterocycles. The van der Waals surface area contributed by atoms with Crippen molar-refractivity contribution in [1.29, 1.82) is 0 Å². The second-order valence-corrected chi connectivity index (χ2v) is 2.71. The summed E-state index contributed by atoms with van der Waals surface area (Å²) in [6, 6.07) is 0. The van der Waals surface area contributed by atoms with E-state index in [1.807, 2.05) is 6.08 Å². The first-order valence-electron chi connectivity index (χ1n) is 3.87. The summed E-state index contributed by atoms with van der Waals surface area (Å²) in [5.74, 6) is 0.510. The van der Waals surface area contributed by atoms with E-state index in [1.54, 1.807) is 0 Å². The van der Waals surface area contributed by atoms with Gasteiger partial charge in [0.15, 0.2) is 0 Å². The van der Waals surface area contributed by atoms with Crippen LogP contribution in [0.3, 0.4) is 0 Å². The Bertz CT molecular complexity index is 285. The van der Waals surface area contributed by atoms with Gasteiger partial charge < -0.3 is 0 Å². The first-order valence-corrected chi connectivity index (χ1v) is 3.87. The van der Waals surface area contributed by atoms with Gasteiger partial charge in [-0.05, 0) is 5.57 Å². The van der Waals surface area contributed by atoms with Crippen molar-refractivity contribution >= 4 is 0 Å².